The molecule has 0 aromatic carbocycles. The highest BCUT2D eigenvalue weighted by atomic mass is 35.5. The minimum absolute atomic E-state index is 0.0106. The van der Waals surface area contributed by atoms with Crippen LogP contribution in [0.25, 0.3) is 10.9 Å². The monoisotopic (exact) mass is 537 g/mol. The molecule has 5 heterocycles. The van der Waals surface area contributed by atoms with Gasteiger partial charge in [-0.1, -0.05) is 11.6 Å². The Kier molecular flexibility index (Phi) is 6.88. The van der Waals surface area contributed by atoms with Crippen molar-refractivity contribution < 1.29 is 23.0 Å². The van der Waals surface area contributed by atoms with E-state index in [1.807, 2.05) is 0 Å². The van der Waals surface area contributed by atoms with E-state index in [2.05, 4.69) is 19.8 Å². The second-order valence-electron chi connectivity index (χ2n) is 11.4. The molecule has 4 fully saturated rings. The van der Waals surface area contributed by atoms with Crippen LogP contribution in [0, 0.1) is 17.2 Å². The van der Waals surface area contributed by atoms with Gasteiger partial charge in [-0.15, -0.1) is 0 Å². The molecule has 11 heteroatoms. The Balaban J connectivity index is 1.30. The minimum atomic E-state index is -0.856. The smallest absolute Gasteiger partial charge is 0.319 e. The summed E-state index contributed by atoms with van der Waals surface area (Å²) in [6, 6.07) is 0.0931. The van der Waals surface area contributed by atoms with Gasteiger partial charge >= 0.3 is 6.01 Å². The van der Waals surface area contributed by atoms with Gasteiger partial charge in [0.05, 0.1) is 30.7 Å². The number of pyridine rings is 1. The summed E-state index contributed by atoms with van der Waals surface area (Å²) in [6.45, 7) is 4.91. The van der Waals surface area contributed by atoms with Crippen LogP contribution >= 0.6 is 11.6 Å². The molecule has 0 spiro atoms. The predicted molar refractivity (Wildman–Crippen MR) is 136 cm³/mol. The van der Waals surface area contributed by atoms with Crippen LogP contribution in [0.1, 0.15) is 38.5 Å². The third-order valence-electron chi connectivity index (χ3n) is 8.78. The largest absolute Gasteiger partial charge is 0.461 e. The molecule has 2 bridgehead atoms. The van der Waals surface area contributed by atoms with Gasteiger partial charge in [0, 0.05) is 44.8 Å². The third-order valence-corrected chi connectivity index (χ3v) is 9.04. The summed E-state index contributed by atoms with van der Waals surface area (Å²) in [5.74, 6) is 0.423. The van der Waals surface area contributed by atoms with Gasteiger partial charge < -0.3 is 19.1 Å². The Labute approximate surface area is 220 Å². The summed E-state index contributed by atoms with van der Waals surface area (Å²) < 4.78 is 46.7. The highest BCUT2D eigenvalue weighted by molar-refractivity contribution is 6.30. The van der Waals surface area contributed by atoms with E-state index in [9.17, 15) is 4.39 Å². The average Bonchev–Trinajstić information content (AvgIpc) is 3.51. The van der Waals surface area contributed by atoms with Gasteiger partial charge in [-0.2, -0.15) is 9.97 Å². The fourth-order valence-electron chi connectivity index (χ4n) is 7.13. The van der Waals surface area contributed by atoms with E-state index in [-0.39, 0.29) is 34.2 Å². The number of nitrogens with zero attached hydrogens (tertiary/aromatic N) is 5. The zero-order chi connectivity index (χ0) is 25.6. The Morgan fingerprint density at radius 2 is 2.05 bits per heavy atom. The summed E-state index contributed by atoms with van der Waals surface area (Å²) in [5.41, 5.74) is -0.240. The first-order valence-electron chi connectivity index (χ1n) is 13.3. The van der Waals surface area contributed by atoms with Crippen LogP contribution in [0.4, 0.5) is 14.6 Å². The van der Waals surface area contributed by atoms with E-state index in [1.54, 1.807) is 13.3 Å². The fraction of sp³-hybridized carbons (Fsp3) is 0.731. The molecule has 6 rings (SSSR count). The zero-order valence-corrected chi connectivity index (χ0v) is 22.0. The number of ether oxygens (including phenoxy) is 3. The maximum atomic E-state index is 15.2. The molecule has 37 heavy (non-hydrogen) atoms. The van der Waals surface area contributed by atoms with Gasteiger partial charge in [0.25, 0.3) is 0 Å². The highest BCUT2D eigenvalue weighted by Crippen LogP contribution is 2.48. The summed E-state index contributed by atoms with van der Waals surface area (Å²) in [7, 11) is 1.67. The van der Waals surface area contributed by atoms with Crippen LogP contribution in [0.5, 0.6) is 6.01 Å². The van der Waals surface area contributed by atoms with Crippen molar-refractivity contribution in [2.75, 3.05) is 64.6 Å². The molecule has 1 aliphatic carbocycles. The molecule has 4 aliphatic rings. The number of fused-ring (bicyclic) bond motifs is 4. The van der Waals surface area contributed by atoms with Crippen molar-refractivity contribution in [2.45, 2.75) is 50.2 Å². The number of methoxy groups -OCH3 is 1. The Bertz CT molecular complexity index is 1160. The van der Waals surface area contributed by atoms with E-state index in [1.165, 1.54) is 0 Å². The molecule has 4 atom stereocenters. The van der Waals surface area contributed by atoms with Crippen LogP contribution in [0.2, 0.25) is 5.15 Å². The van der Waals surface area contributed by atoms with Crippen molar-refractivity contribution in [2.24, 2.45) is 11.3 Å². The van der Waals surface area contributed by atoms with E-state index in [0.29, 0.717) is 49.9 Å². The second-order valence-corrected chi connectivity index (χ2v) is 11.7. The Morgan fingerprint density at radius 3 is 2.92 bits per heavy atom. The highest BCUT2D eigenvalue weighted by Gasteiger charge is 2.50. The van der Waals surface area contributed by atoms with Gasteiger partial charge in [-0.3, -0.25) is 4.90 Å². The van der Waals surface area contributed by atoms with E-state index < -0.39 is 12.0 Å². The van der Waals surface area contributed by atoms with Crippen molar-refractivity contribution in [3.8, 4) is 6.01 Å². The minimum Gasteiger partial charge on any atom is -0.461 e. The van der Waals surface area contributed by atoms with E-state index in [0.717, 1.165) is 51.7 Å². The normalized spacial score (nSPS) is 31.4. The molecule has 2 unspecified atom stereocenters. The first kappa shape index (κ1) is 25.4. The van der Waals surface area contributed by atoms with Gasteiger partial charge in [0.1, 0.15) is 24.1 Å². The molecular weight excluding hydrogens is 504 g/mol. The number of anilines is 1. The summed E-state index contributed by atoms with van der Waals surface area (Å²) in [5, 5.41) is 0.276. The number of piperidine rings is 1. The standard InChI is InChI=1S/C26H34ClF2N5O3/c1-35-7-8-36-15-25-5-3-17(9-25)12-33(14-25)23-19-11-30-22(27)20(29)21(19)31-24(32-23)37-16-26-4-2-6-34(26)13-18(28)10-26/h11,17-18H,2-10,12-16H2,1H3/t17?,18-,25?,26+/m1/s1. The molecule has 2 aromatic heterocycles. The first-order chi connectivity index (χ1) is 17.9. The van der Waals surface area contributed by atoms with Crippen LogP contribution in [-0.4, -0.2) is 91.3 Å². The predicted octanol–water partition coefficient (Wildman–Crippen LogP) is 4.04. The number of alkyl halides is 1. The lowest BCUT2D eigenvalue weighted by Crippen LogP contribution is -2.46. The van der Waals surface area contributed by atoms with Gasteiger partial charge in [0.15, 0.2) is 11.0 Å². The zero-order valence-electron chi connectivity index (χ0n) is 21.2. The molecule has 0 radical (unpaired) electrons. The number of aromatic nitrogens is 3. The molecule has 8 nitrogen and oxygen atoms in total. The van der Waals surface area contributed by atoms with Crippen molar-refractivity contribution in [1.29, 1.82) is 0 Å². The van der Waals surface area contributed by atoms with Crippen LogP contribution in [0.15, 0.2) is 6.20 Å². The number of hydrogen-bond donors (Lipinski definition) is 0. The van der Waals surface area contributed by atoms with Crippen LogP contribution < -0.4 is 9.64 Å². The van der Waals surface area contributed by atoms with Gasteiger partial charge in [-0.25, -0.2) is 13.8 Å². The molecule has 3 saturated heterocycles. The maximum Gasteiger partial charge on any atom is 0.319 e. The summed E-state index contributed by atoms with van der Waals surface area (Å²) >= 11 is 6.03. The molecule has 1 saturated carbocycles. The number of hydrogen-bond acceptors (Lipinski definition) is 8. The van der Waals surface area contributed by atoms with Crippen LogP contribution in [0.3, 0.4) is 0 Å². The maximum absolute atomic E-state index is 15.2. The second kappa shape index (κ2) is 10.0. The van der Waals surface area contributed by atoms with Gasteiger partial charge in [0.2, 0.25) is 0 Å². The van der Waals surface area contributed by atoms with Crippen LogP contribution in [-0.2, 0) is 9.47 Å². The van der Waals surface area contributed by atoms with Crippen molar-refractivity contribution in [3.05, 3.63) is 17.2 Å². The van der Waals surface area contributed by atoms with Crippen molar-refractivity contribution in [1.82, 2.24) is 19.9 Å². The number of halogens is 3. The molecule has 0 amide bonds. The first-order valence-corrected chi connectivity index (χ1v) is 13.6. The molecule has 202 valence electrons. The lowest BCUT2D eigenvalue weighted by atomic mass is 9.82. The third kappa shape index (κ3) is 4.75. The summed E-state index contributed by atoms with van der Waals surface area (Å²) in [4.78, 5) is 17.6. The topological polar surface area (TPSA) is 72.8 Å². The SMILES string of the molecule is COCCOCC12CCC(CN(c3nc(OC[C@@]45CCCN4C[C@H](F)C5)nc4c(F)c(Cl)ncc34)C1)C2. The molecular formula is C26H34ClF2N5O3. The lowest BCUT2D eigenvalue weighted by molar-refractivity contribution is 0.0147. The molecule has 2 aromatic rings. The van der Waals surface area contributed by atoms with Crippen molar-refractivity contribution in [3.63, 3.8) is 0 Å². The fourth-order valence-corrected chi connectivity index (χ4v) is 7.27. The number of rotatable bonds is 9. The van der Waals surface area contributed by atoms with E-state index >= 15 is 4.39 Å². The van der Waals surface area contributed by atoms with Gasteiger partial charge in [-0.05, 0) is 44.6 Å². The quantitative estimate of drug-likeness (QED) is 0.350. The summed E-state index contributed by atoms with van der Waals surface area (Å²) in [6.07, 6.45) is 6.32. The molecule has 3 aliphatic heterocycles. The van der Waals surface area contributed by atoms with Crippen molar-refractivity contribution >= 4 is 28.3 Å². The Morgan fingerprint density at radius 1 is 1.16 bits per heavy atom. The average molecular weight is 538 g/mol. The Hall–Kier alpha value is -1.88. The van der Waals surface area contributed by atoms with E-state index in [4.69, 9.17) is 30.8 Å². The molecule has 0 N–H and O–H groups in total. The lowest BCUT2D eigenvalue weighted by Gasteiger charge is -2.41.